The Labute approximate surface area is 213 Å². The Hall–Kier alpha value is -3.97. The Morgan fingerprint density at radius 2 is 1.64 bits per heavy atom. The van der Waals surface area contributed by atoms with Crippen LogP contribution in [-0.2, 0) is 4.79 Å². The predicted molar refractivity (Wildman–Crippen MR) is 141 cm³/mol. The van der Waals surface area contributed by atoms with Gasteiger partial charge in [-0.1, -0.05) is 17.7 Å². The number of carbonyl (C=O) groups is 1. The van der Waals surface area contributed by atoms with Gasteiger partial charge in [-0.3, -0.25) is 9.59 Å². The van der Waals surface area contributed by atoms with Gasteiger partial charge in [-0.15, -0.1) is 0 Å². The summed E-state index contributed by atoms with van der Waals surface area (Å²) in [5, 5.41) is 3.48. The van der Waals surface area contributed by atoms with Gasteiger partial charge in [0.2, 0.25) is 11.2 Å². The number of benzene rings is 3. The van der Waals surface area contributed by atoms with Gasteiger partial charge in [-0.2, -0.15) is 0 Å². The van der Waals surface area contributed by atoms with Gasteiger partial charge in [-0.05, 0) is 79.9 Å². The van der Waals surface area contributed by atoms with E-state index >= 15 is 0 Å². The standard InChI is InChI=1S/C28H26ClNO6/c1-15-8-16(2)10-19(9-15)30-25(31)14-35-28-26(32)20-13-21(29)17(3)11-23(20)36-27(28)18-6-7-22(33-4)24(12-18)34-5/h6-13H,14H2,1-5H3,(H,30,31). The van der Waals surface area contributed by atoms with Crippen molar-refractivity contribution in [1.82, 2.24) is 0 Å². The van der Waals surface area contributed by atoms with Crippen molar-refractivity contribution in [3.8, 4) is 28.6 Å². The number of anilines is 1. The third kappa shape index (κ3) is 5.16. The monoisotopic (exact) mass is 507 g/mol. The van der Waals surface area contributed by atoms with Crippen LogP contribution in [0, 0.1) is 20.8 Å². The van der Waals surface area contributed by atoms with E-state index in [1.807, 2.05) is 39.0 Å². The van der Waals surface area contributed by atoms with Crippen LogP contribution >= 0.6 is 11.6 Å². The predicted octanol–water partition coefficient (Wildman–Crippen LogP) is 6.07. The smallest absolute Gasteiger partial charge is 0.262 e. The van der Waals surface area contributed by atoms with Gasteiger partial charge < -0.3 is 23.9 Å². The summed E-state index contributed by atoms with van der Waals surface area (Å²) in [5.74, 6) is 0.602. The quantitative estimate of drug-likeness (QED) is 0.326. The topological polar surface area (TPSA) is 87.0 Å². The zero-order valence-electron chi connectivity index (χ0n) is 20.7. The van der Waals surface area contributed by atoms with Gasteiger partial charge in [0, 0.05) is 16.3 Å². The molecule has 0 aliphatic rings. The van der Waals surface area contributed by atoms with Gasteiger partial charge in [0.1, 0.15) is 5.58 Å². The normalized spacial score (nSPS) is 10.8. The molecular formula is C28H26ClNO6. The second-order valence-electron chi connectivity index (χ2n) is 8.47. The van der Waals surface area contributed by atoms with E-state index in [0.717, 1.165) is 16.7 Å². The van der Waals surface area contributed by atoms with Crippen molar-refractivity contribution >= 4 is 34.2 Å². The zero-order valence-corrected chi connectivity index (χ0v) is 21.4. The molecule has 0 bridgehead atoms. The molecule has 186 valence electrons. The van der Waals surface area contributed by atoms with Crippen molar-refractivity contribution in [2.24, 2.45) is 0 Å². The first-order valence-electron chi connectivity index (χ1n) is 11.2. The molecule has 8 heteroatoms. The molecule has 1 heterocycles. The minimum atomic E-state index is -0.442. The number of halogens is 1. The van der Waals surface area contributed by atoms with Gasteiger partial charge in [-0.25, -0.2) is 0 Å². The summed E-state index contributed by atoms with van der Waals surface area (Å²) in [7, 11) is 3.04. The maximum absolute atomic E-state index is 13.5. The number of methoxy groups -OCH3 is 2. The van der Waals surface area contributed by atoms with Crippen LogP contribution in [0.2, 0.25) is 5.02 Å². The molecule has 0 aliphatic carbocycles. The molecule has 0 unspecified atom stereocenters. The van der Waals surface area contributed by atoms with Crippen LogP contribution in [0.4, 0.5) is 5.69 Å². The minimum Gasteiger partial charge on any atom is -0.493 e. The maximum atomic E-state index is 13.5. The molecule has 1 aromatic heterocycles. The molecule has 3 aromatic carbocycles. The van der Waals surface area contributed by atoms with Crippen molar-refractivity contribution in [2.75, 3.05) is 26.1 Å². The molecule has 36 heavy (non-hydrogen) atoms. The van der Waals surface area contributed by atoms with Crippen molar-refractivity contribution in [3.05, 3.63) is 80.5 Å². The number of rotatable bonds is 7. The zero-order chi connectivity index (χ0) is 26.0. The largest absolute Gasteiger partial charge is 0.493 e. The average Bonchev–Trinajstić information content (AvgIpc) is 2.83. The van der Waals surface area contributed by atoms with Crippen molar-refractivity contribution in [2.45, 2.75) is 20.8 Å². The Bertz CT molecular complexity index is 1500. The molecule has 7 nitrogen and oxygen atoms in total. The molecule has 4 rings (SSSR count). The molecule has 4 aromatic rings. The highest BCUT2D eigenvalue weighted by Crippen LogP contribution is 2.37. The van der Waals surface area contributed by atoms with E-state index in [-0.39, 0.29) is 16.9 Å². The van der Waals surface area contributed by atoms with E-state index in [0.29, 0.717) is 33.4 Å². The Morgan fingerprint density at radius 3 is 2.31 bits per heavy atom. The molecule has 1 N–H and O–H groups in total. The summed E-state index contributed by atoms with van der Waals surface area (Å²) in [5.41, 5.74) is 3.86. The number of hydrogen-bond acceptors (Lipinski definition) is 6. The maximum Gasteiger partial charge on any atom is 0.262 e. The Balaban J connectivity index is 1.76. The highest BCUT2D eigenvalue weighted by atomic mass is 35.5. The molecule has 0 saturated heterocycles. The third-order valence-electron chi connectivity index (χ3n) is 5.63. The lowest BCUT2D eigenvalue weighted by molar-refractivity contribution is -0.118. The van der Waals surface area contributed by atoms with Crippen LogP contribution in [0.5, 0.6) is 17.2 Å². The molecule has 0 fully saturated rings. The fourth-order valence-corrected chi connectivity index (χ4v) is 4.14. The summed E-state index contributed by atoms with van der Waals surface area (Å²) < 4.78 is 22.7. The summed E-state index contributed by atoms with van der Waals surface area (Å²) in [6.07, 6.45) is 0. The SMILES string of the molecule is COc1ccc(-c2oc3cc(C)c(Cl)cc3c(=O)c2OCC(=O)Nc2cc(C)cc(C)c2)cc1OC. The first kappa shape index (κ1) is 25.1. The number of fused-ring (bicyclic) bond motifs is 1. The van der Waals surface area contributed by atoms with Crippen LogP contribution < -0.4 is 25.0 Å². The fourth-order valence-electron chi connectivity index (χ4n) is 3.98. The van der Waals surface area contributed by atoms with E-state index in [1.54, 1.807) is 30.3 Å². The molecule has 0 radical (unpaired) electrons. The number of nitrogens with one attached hydrogen (secondary N) is 1. The van der Waals surface area contributed by atoms with Crippen molar-refractivity contribution in [3.63, 3.8) is 0 Å². The Kier molecular flexibility index (Phi) is 7.22. The highest BCUT2D eigenvalue weighted by molar-refractivity contribution is 6.32. The number of aryl methyl sites for hydroxylation is 3. The average molecular weight is 508 g/mol. The molecule has 0 saturated carbocycles. The second-order valence-corrected chi connectivity index (χ2v) is 8.88. The van der Waals surface area contributed by atoms with E-state index < -0.39 is 17.9 Å². The number of ether oxygens (including phenoxy) is 3. The molecule has 0 aliphatic heterocycles. The first-order chi connectivity index (χ1) is 17.2. The van der Waals surface area contributed by atoms with Crippen LogP contribution in [0.3, 0.4) is 0 Å². The molecular weight excluding hydrogens is 482 g/mol. The van der Waals surface area contributed by atoms with E-state index in [1.165, 1.54) is 14.2 Å². The minimum absolute atomic E-state index is 0.106. The van der Waals surface area contributed by atoms with Crippen molar-refractivity contribution < 1.29 is 23.4 Å². The molecule has 1 amide bonds. The first-order valence-corrected chi connectivity index (χ1v) is 11.6. The summed E-state index contributed by atoms with van der Waals surface area (Å²) in [6.45, 7) is 5.31. The van der Waals surface area contributed by atoms with Gasteiger partial charge in [0.15, 0.2) is 23.9 Å². The van der Waals surface area contributed by atoms with Gasteiger partial charge >= 0.3 is 0 Å². The highest BCUT2D eigenvalue weighted by Gasteiger charge is 2.21. The van der Waals surface area contributed by atoms with Crippen LogP contribution in [-0.4, -0.2) is 26.7 Å². The van der Waals surface area contributed by atoms with Crippen LogP contribution in [0.15, 0.2) is 57.7 Å². The lowest BCUT2D eigenvalue weighted by Gasteiger charge is -2.14. The third-order valence-corrected chi connectivity index (χ3v) is 6.04. The van der Waals surface area contributed by atoms with E-state index in [9.17, 15) is 9.59 Å². The van der Waals surface area contributed by atoms with E-state index in [2.05, 4.69) is 5.32 Å². The fraction of sp³-hybridized carbons (Fsp3) is 0.214. The molecule has 0 spiro atoms. The summed E-state index contributed by atoms with van der Waals surface area (Å²) >= 11 is 6.27. The lowest BCUT2D eigenvalue weighted by Crippen LogP contribution is -2.22. The van der Waals surface area contributed by atoms with E-state index in [4.69, 9.17) is 30.2 Å². The number of carbonyl (C=O) groups excluding carboxylic acids is 1. The Morgan fingerprint density at radius 1 is 0.944 bits per heavy atom. The van der Waals surface area contributed by atoms with Crippen LogP contribution in [0.1, 0.15) is 16.7 Å². The van der Waals surface area contributed by atoms with Crippen LogP contribution in [0.25, 0.3) is 22.3 Å². The summed E-state index contributed by atoms with van der Waals surface area (Å²) in [6, 6.07) is 14.0. The second kappa shape index (κ2) is 10.3. The van der Waals surface area contributed by atoms with Crippen molar-refractivity contribution in [1.29, 1.82) is 0 Å². The molecule has 0 atom stereocenters. The lowest BCUT2D eigenvalue weighted by atomic mass is 10.1. The number of hydrogen-bond donors (Lipinski definition) is 1. The van der Waals surface area contributed by atoms with Gasteiger partial charge in [0.25, 0.3) is 5.91 Å². The number of amides is 1. The van der Waals surface area contributed by atoms with Gasteiger partial charge in [0.05, 0.1) is 19.6 Å². The summed E-state index contributed by atoms with van der Waals surface area (Å²) in [4.78, 5) is 26.2.